The summed E-state index contributed by atoms with van der Waals surface area (Å²) >= 11 is -3.02. The van der Waals surface area contributed by atoms with E-state index in [2.05, 4.69) is 6.92 Å². The molecule has 0 aromatic carbocycles. The van der Waals surface area contributed by atoms with Crippen molar-refractivity contribution in [2.75, 3.05) is 19.8 Å². The quantitative estimate of drug-likeness (QED) is 0.638. The number of ketones is 1. The van der Waals surface area contributed by atoms with Crippen molar-refractivity contribution in [2.45, 2.75) is 45.2 Å². The van der Waals surface area contributed by atoms with Crippen molar-refractivity contribution in [2.24, 2.45) is 0 Å². The molecule has 0 aliphatic heterocycles. The zero-order chi connectivity index (χ0) is 15.3. The van der Waals surface area contributed by atoms with Gasteiger partial charge in [-0.15, -0.1) is 0 Å². The minimum atomic E-state index is -3.02. The van der Waals surface area contributed by atoms with Gasteiger partial charge in [-0.2, -0.15) is 0 Å². The van der Waals surface area contributed by atoms with Gasteiger partial charge in [0, 0.05) is 0 Å². The summed E-state index contributed by atoms with van der Waals surface area (Å²) in [5.74, 6) is -1.37. The van der Waals surface area contributed by atoms with Crippen molar-refractivity contribution < 1.29 is 44.7 Å². The Balaban J connectivity index is 0. The Morgan fingerprint density at radius 3 is 1.42 bits per heavy atom. The zero-order valence-electron chi connectivity index (χ0n) is 12.5. The van der Waals surface area contributed by atoms with Crippen molar-refractivity contribution >= 4 is 11.8 Å². The van der Waals surface area contributed by atoms with Crippen molar-refractivity contribution in [1.29, 1.82) is 0 Å². The van der Waals surface area contributed by atoms with Gasteiger partial charge in [-0.25, -0.2) is 0 Å². The summed E-state index contributed by atoms with van der Waals surface area (Å²) in [6, 6.07) is 0. The predicted molar refractivity (Wildman–Crippen MR) is 68.3 cm³/mol. The molecule has 0 rings (SSSR count). The summed E-state index contributed by atoms with van der Waals surface area (Å²) in [4.78, 5) is 19.5. The van der Waals surface area contributed by atoms with E-state index in [0.717, 1.165) is 4.13 Å². The monoisotopic (exact) mass is 356 g/mol. The standard InChI is InChI=1S/C4H6O3.3C2H5O.C2H5.Zr/c1-3(5)2-4(6)7;3*1-2-3;1-2;/h2H2,1H3,(H,6,7);3*2H2,1H3;1H2,2H3;/q;3*-1;;+3. The molecule has 0 unspecified atom stereocenters. The molecule has 0 fully saturated rings. The summed E-state index contributed by atoms with van der Waals surface area (Å²) in [5.41, 5.74) is 0. The second-order valence-electron chi connectivity index (χ2n) is 3.61. The molecule has 0 radical (unpaired) electrons. The molecule has 114 valence electrons. The number of Topliss-reactive ketones (excluding diaryl/α,β-unsaturated/α-hetero) is 1. The number of carboxylic acids is 1. The minimum absolute atomic E-state index is 0.312. The fraction of sp³-hybridized carbons (Fsp3) is 0.833. The van der Waals surface area contributed by atoms with Gasteiger partial charge in [0.15, 0.2) is 0 Å². The molecule has 7 heteroatoms. The molecule has 6 nitrogen and oxygen atoms in total. The van der Waals surface area contributed by atoms with Crippen molar-refractivity contribution in [3.8, 4) is 0 Å². The number of carboxylic acid groups (broad SMARTS) is 1. The summed E-state index contributed by atoms with van der Waals surface area (Å²) in [6.45, 7) is 11.4. The van der Waals surface area contributed by atoms with Crippen LogP contribution in [0.15, 0.2) is 0 Å². The molecule has 0 aliphatic rings. The summed E-state index contributed by atoms with van der Waals surface area (Å²) < 4.78 is 17.8. The molecule has 0 bridgehead atoms. The van der Waals surface area contributed by atoms with Crippen LogP contribution in [0.4, 0.5) is 0 Å². The van der Waals surface area contributed by atoms with Crippen LogP contribution in [0.3, 0.4) is 0 Å². The third-order valence-corrected chi connectivity index (χ3v) is 9.43. The van der Waals surface area contributed by atoms with Crippen LogP contribution < -0.4 is 0 Å². The average molecular weight is 358 g/mol. The third-order valence-electron chi connectivity index (χ3n) is 1.93. The average Bonchev–Trinajstić information content (AvgIpc) is 2.29. The molecular weight excluding hydrogens is 331 g/mol. The first-order valence-corrected chi connectivity index (χ1v) is 11.2. The van der Waals surface area contributed by atoms with Gasteiger partial charge in [0.05, 0.1) is 0 Å². The number of hydrogen-bond donors (Lipinski definition) is 1. The van der Waals surface area contributed by atoms with Crippen LogP contribution in [0.25, 0.3) is 0 Å². The van der Waals surface area contributed by atoms with E-state index in [1.165, 1.54) is 6.92 Å². The van der Waals surface area contributed by atoms with E-state index >= 15 is 0 Å². The number of carbonyl (C=O) groups is 2. The fourth-order valence-corrected chi connectivity index (χ4v) is 6.67. The Bertz CT molecular complexity index is 228. The number of rotatable bonds is 9. The Morgan fingerprint density at radius 2 is 1.32 bits per heavy atom. The van der Waals surface area contributed by atoms with Gasteiger partial charge in [-0.05, 0) is 6.92 Å². The predicted octanol–water partition coefficient (Wildman–Crippen LogP) is 2.48. The Kier molecular flexibility index (Phi) is 14.4. The second-order valence-corrected chi connectivity index (χ2v) is 10.8. The van der Waals surface area contributed by atoms with Gasteiger partial charge in [-0.1, -0.05) is 0 Å². The normalized spacial score (nSPS) is 10.6. The van der Waals surface area contributed by atoms with Gasteiger partial charge in [0.1, 0.15) is 12.2 Å². The van der Waals surface area contributed by atoms with Gasteiger partial charge in [0.2, 0.25) is 0 Å². The molecule has 0 aromatic heterocycles. The third kappa shape index (κ3) is 12.7. The molecule has 0 saturated heterocycles. The molecule has 0 atom stereocenters. The van der Waals surface area contributed by atoms with Gasteiger partial charge in [-0.3, -0.25) is 9.59 Å². The Morgan fingerprint density at radius 1 is 0.947 bits per heavy atom. The van der Waals surface area contributed by atoms with E-state index in [0.29, 0.717) is 19.8 Å². The van der Waals surface area contributed by atoms with Crippen LogP contribution in [0.1, 0.15) is 41.0 Å². The maximum atomic E-state index is 9.87. The van der Waals surface area contributed by atoms with Gasteiger partial charge in [0.25, 0.3) is 0 Å². The molecule has 0 spiro atoms. The van der Waals surface area contributed by atoms with Crippen molar-refractivity contribution in [3.05, 3.63) is 0 Å². The molecule has 1 N–H and O–H groups in total. The van der Waals surface area contributed by atoms with E-state index in [1.807, 2.05) is 20.8 Å². The van der Waals surface area contributed by atoms with Crippen LogP contribution in [0, 0.1) is 0 Å². The fourth-order valence-electron chi connectivity index (χ4n) is 1.30. The van der Waals surface area contributed by atoms with E-state index in [1.54, 1.807) is 0 Å². The van der Waals surface area contributed by atoms with E-state index < -0.39 is 27.6 Å². The molecule has 0 aliphatic carbocycles. The summed E-state index contributed by atoms with van der Waals surface area (Å²) in [5, 5.41) is 7.86. The van der Waals surface area contributed by atoms with E-state index in [-0.39, 0.29) is 12.2 Å². The van der Waals surface area contributed by atoms with E-state index in [9.17, 15) is 9.59 Å². The SMILES string of the molecule is CC(=O)CC(=O)O.CC[O][Zr]([CH2]C)([O]CC)[O]CC. The van der Waals surface area contributed by atoms with Crippen LogP contribution in [0.5, 0.6) is 0 Å². The van der Waals surface area contributed by atoms with E-state index in [4.69, 9.17) is 13.5 Å². The second kappa shape index (κ2) is 12.9. The Hall–Kier alpha value is -0.0969. The summed E-state index contributed by atoms with van der Waals surface area (Å²) in [6.07, 6.45) is -0.361. The van der Waals surface area contributed by atoms with Crippen LogP contribution in [0.2, 0.25) is 4.13 Å². The maximum absolute atomic E-state index is 9.87. The first-order valence-electron chi connectivity index (χ1n) is 6.50. The number of aliphatic carboxylic acids is 1. The van der Waals surface area contributed by atoms with Crippen LogP contribution >= 0.6 is 0 Å². The molecule has 0 saturated carbocycles. The topological polar surface area (TPSA) is 82.1 Å². The molecular formula is C12H26O6Zr. The van der Waals surface area contributed by atoms with Crippen molar-refractivity contribution in [3.63, 3.8) is 0 Å². The number of hydrogen-bond acceptors (Lipinski definition) is 5. The first kappa shape index (κ1) is 21.2. The van der Waals surface area contributed by atoms with Crippen molar-refractivity contribution in [1.82, 2.24) is 0 Å². The molecule has 0 heterocycles. The molecule has 0 aromatic rings. The Labute approximate surface area is 121 Å². The van der Waals surface area contributed by atoms with Crippen LogP contribution in [-0.2, 0) is 39.6 Å². The number of carbonyl (C=O) groups excluding carboxylic acids is 1. The molecule has 0 amide bonds. The zero-order valence-corrected chi connectivity index (χ0v) is 15.0. The van der Waals surface area contributed by atoms with Gasteiger partial charge >= 0.3 is 87.6 Å². The molecule has 19 heavy (non-hydrogen) atoms. The first-order chi connectivity index (χ1) is 8.87. The van der Waals surface area contributed by atoms with Crippen LogP contribution in [-0.4, -0.2) is 36.7 Å². The van der Waals surface area contributed by atoms with Gasteiger partial charge < -0.3 is 5.11 Å². The summed E-state index contributed by atoms with van der Waals surface area (Å²) in [7, 11) is 0.